The molecule has 0 amide bonds. The lowest BCUT2D eigenvalue weighted by Crippen LogP contribution is -2.29. The van der Waals surface area contributed by atoms with Crippen molar-refractivity contribution in [1.29, 1.82) is 0 Å². The van der Waals surface area contributed by atoms with Crippen LogP contribution in [0.1, 0.15) is 44.1 Å². The Hall–Kier alpha value is -1.51. The molecule has 0 aromatic heterocycles. The van der Waals surface area contributed by atoms with Gasteiger partial charge in [0.05, 0.1) is 13.0 Å². The van der Waals surface area contributed by atoms with E-state index in [4.69, 9.17) is 4.74 Å². The van der Waals surface area contributed by atoms with Crippen LogP contribution in [-0.4, -0.2) is 18.2 Å². The van der Waals surface area contributed by atoms with Crippen LogP contribution in [0, 0.1) is 11.8 Å². The van der Waals surface area contributed by atoms with Gasteiger partial charge >= 0.3 is 5.97 Å². The summed E-state index contributed by atoms with van der Waals surface area (Å²) in [5.74, 6) is 0.649. The lowest BCUT2D eigenvalue weighted by Gasteiger charge is -2.34. The molecule has 0 radical (unpaired) electrons. The van der Waals surface area contributed by atoms with Crippen LogP contribution in [0.2, 0.25) is 0 Å². The molecule has 0 heterocycles. The average Bonchev–Trinajstić information content (AvgIpc) is 2.46. The molecule has 1 aromatic rings. The van der Waals surface area contributed by atoms with Crippen LogP contribution in [-0.2, 0) is 4.79 Å². The van der Waals surface area contributed by atoms with E-state index in [2.05, 4.69) is 6.92 Å². The molecule has 3 atom stereocenters. The number of carboxylic acids is 1. The van der Waals surface area contributed by atoms with Gasteiger partial charge in [0.15, 0.2) is 0 Å². The van der Waals surface area contributed by atoms with E-state index in [9.17, 15) is 9.90 Å². The number of carboxylic acid groups (broad SMARTS) is 1. The zero-order chi connectivity index (χ0) is 13.8. The summed E-state index contributed by atoms with van der Waals surface area (Å²) in [5, 5.41) is 9.42. The number of hydrogen-bond donors (Lipinski definition) is 1. The van der Waals surface area contributed by atoms with Crippen LogP contribution < -0.4 is 4.74 Å². The third-order valence-corrected chi connectivity index (χ3v) is 4.38. The summed E-state index contributed by atoms with van der Waals surface area (Å²) in [7, 11) is 1.64. The van der Waals surface area contributed by atoms with Gasteiger partial charge in [0.25, 0.3) is 0 Å². The second-order valence-corrected chi connectivity index (χ2v) is 5.42. The van der Waals surface area contributed by atoms with E-state index in [1.165, 1.54) is 0 Å². The van der Waals surface area contributed by atoms with Crippen LogP contribution in [0.3, 0.4) is 0 Å². The highest BCUT2D eigenvalue weighted by molar-refractivity contribution is 5.71. The van der Waals surface area contributed by atoms with Gasteiger partial charge in [-0.3, -0.25) is 4.79 Å². The quantitative estimate of drug-likeness (QED) is 0.900. The number of carbonyl (C=O) groups is 1. The fraction of sp³-hybridized carbons (Fsp3) is 0.562. The minimum Gasteiger partial charge on any atom is -0.497 e. The smallest absolute Gasteiger partial charge is 0.307 e. The van der Waals surface area contributed by atoms with Crippen molar-refractivity contribution in [1.82, 2.24) is 0 Å². The minimum absolute atomic E-state index is 0.117. The molecule has 2 rings (SSSR count). The summed E-state index contributed by atoms with van der Waals surface area (Å²) >= 11 is 0. The summed E-state index contributed by atoms with van der Waals surface area (Å²) in [6, 6.07) is 7.86. The van der Waals surface area contributed by atoms with Crippen LogP contribution >= 0.6 is 0 Å². The number of aliphatic carboxylic acids is 1. The van der Waals surface area contributed by atoms with Crippen molar-refractivity contribution >= 4 is 5.97 Å². The van der Waals surface area contributed by atoms with Gasteiger partial charge in [-0.15, -0.1) is 0 Å². The van der Waals surface area contributed by atoms with Gasteiger partial charge in [-0.2, -0.15) is 0 Å². The molecule has 1 aliphatic rings. The SMILES string of the molecule is CCC1CCC(C(=O)O)C(c2cccc(OC)c2)C1. The molecule has 1 saturated carbocycles. The van der Waals surface area contributed by atoms with Gasteiger partial charge in [-0.25, -0.2) is 0 Å². The Morgan fingerprint density at radius 3 is 2.84 bits per heavy atom. The van der Waals surface area contributed by atoms with Gasteiger partial charge in [0, 0.05) is 0 Å². The Morgan fingerprint density at radius 2 is 2.21 bits per heavy atom. The second-order valence-electron chi connectivity index (χ2n) is 5.42. The van der Waals surface area contributed by atoms with Crippen molar-refractivity contribution in [3.63, 3.8) is 0 Å². The number of ether oxygens (including phenoxy) is 1. The fourth-order valence-electron chi connectivity index (χ4n) is 3.16. The minimum atomic E-state index is -0.664. The first kappa shape index (κ1) is 13.9. The standard InChI is InChI=1S/C16H22O3/c1-3-11-7-8-14(16(17)18)15(9-11)12-5-4-6-13(10-12)19-2/h4-6,10-11,14-15H,3,7-9H2,1-2H3,(H,17,18). The number of hydrogen-bond acceptors (Lipinski definition) is 2. The van der Waals surface area contributed by atoms with Crippen LogP contribution in [0.4, 0.5) is 0 Å². The molecule has 1 aliphatic carbocycles. The second kappa shape index (κ2) is 6.09. The molecule has 19 heavy (non-hydrogen) atoms. The molecule has 104 valence electrons. The van der Waals surface area contributed by atoms with Gasteiger partial charge in [0.2, 0.25) is 0 Å². The van der Waals surface area contributed by atoms with E-state index >= 15 is 0 Å². The summed E-state index contributed by atoms with van der Waals surface area (Å²) in [6.07, 6.45) is 3.93. The molecule has 0 aliphatic heterocycles. The Morgan fingerprint density at radius 1 is 1.42 bits per heavy atom. The molecule has 1 N–H and O–H groups in total. The van der Waals surface area contributed by atoms with Gasteiger partial charge in [0.1, 0.15) is 5.75 Å². The highest BCUT2D eigenvalue weighted by Gasteiger charge is 2.35. The topological polar surface area (TPSA) is 46.5 Å². The number of methoxy groups -OCH3 is 1. The van der Waals surface area contributed by atoms with E-state index < -0.39 is 5.97 Å². The van der Waals surface area contributed by atoms with Crippen molar-refractivity contribution in [2.75, 3.05) is 7.11 Å². The van der Waals surface area contributed by atoms with E-state index in [1.807, 2.05) is 24.3 Å². The normalized spacial score (nSPS) is 26.9. The van der Waals surface area contributed by atoms with E-state index in [1.54, 1.807) is 7.11 Å². The highest BCUT2D eigenvalue weighted by atomic mass is 16.5. The van der Waals surface area contributed by atoms with Crippen molar-refractivity contribution in [2.24, 2.45) is 11.8 Å². The predicted molar refractivity (Wildman–Crippen MR) is 74.5 cm³/mol. The number of benzene rings is 1. The zero-order valence-corrected chi connectivity index (χ0v) is 11.6. The molecule has 1 aromatic carbocycles. The van der Waals surface area contributed by atoms with Gasteiger partial charge < -0.3 is 9.84 Å². The summed E-state index contributed by atoms with van der Waals surface area (Å²) < 4.78 is 5.25. The third kappa shape index (κ3) is 3.09. The number of rotatable bonds is 4. The van der Waals surface area contributed by atoms with Crippen LogP contribution in [0.25, 0.3) is 0 Å². The van der Waals surface area contributed by atoms with Crippen molar-refractivity contribution in [3.8, 4) is 5.75 Å². The van der Waals surface area contributed by atoms with Crippen molar-refractivity contribution < 1.29 is 14.6 Å². The van der Waals surface area contributed by atoms with Crippen molar-refractivity contribution in [3.05, 3.63) is 29.8 Å². The van der Waals surface area contributed by atoms with Crippen molar-refractivity contribution in [2.45, 2.75) is 38.5 Å². The summed E-state index contributed by atoms with van der Waals surface area (Å²) in [6.45, 7) is 2.19. The summed E-state index contributed by atoms with van der Waals surface area (Å²) in [5.41, 5.74) is 1.10. The first-order valence-electron chi connectivity index (χ1n) is 7.02. The molecule has 0 bridgehead atoms. The van der Waals surface area contributed by atoms with E-state index in [-0.39, 0.29) is 11.8 Å². The molecular formula is C16H22O3. The van der Waals surface area contributed by atoms with Gasteiger partial charge in [-0.05, 0) is 48.8 Å². The Labute approximate surface area is 114 Å². The first-order chi connectivity index (χ1) is 9.15. The van der Waals surface area contributed by atoms with Crippen LogP contribution in [0.5, 0.6) is 5.75 Å². The maximum absolute atomic E-state index is 11.5. The lowest BCUT2D eigenvalue weighted by atomic mass is 9.70. The lowest BCUT2D eigenvalue weighted by molar-refractivity contribution is -0.143. The molecule has 1 fully saturated rings. The van der Waals surface area contributed by atoms with Gasteiger partial charge in [-0.1, -0.05) is 25.5 Å². The Balaban J connectivity index is 2.27. The molecule has 3 nitrogen and oxygen atoms in total. The Bertz CT molecular complexity index is 441. The summed E-state index contributed by atoms with van der Waals surface area (Å²) in [4.78, 5) is 11.5. The third-order valence-electron chi connectivity index (χ3n) is 4.38. The van der Waals surface area contributed by atoms with E-state index in [0.717, 1.165) is 37.0 Å². The highest BCUT2D eigenvalue weighted by Crippen LogP contribution is 2.42. The largest absolute Gasteiger partial charge is 0.497 e. The maximum atomic E-state index is 11.5. The predicted octanol–water partition coefficient (Wildman–Crippen LogP) is 3.69. The molecule has 0 saturated heterocycles. The monoisotopic (exact) mass is 262 g/mol. The molecule has 0 spiro atoms. The zero-order valence-electron chi connectivity index (χ0n) is 11.6. The van der Waals surface area contributed by atoms with Crippen LogP contribution in [0.15, 0.2) is 24.3 Å². The molecule has 3 heteroatoms. The molecule has 3 unspecified atom stereocenters. The Kier molecular flexibility index (Phi) is 4.46. The maximum Gasteiger partial charge on any atom is 0.307 e. The fourth-order valence-corrected chi connectivity index (χ4v) is 3.16. The van der Waals surface area contributed by atoms with E-state index in [0.29, 0.717) is 5.92 Å². The first-order valence-corrected chi connectivity index (χ1v) is 7.02. The molecular weight excluding hydrogens is 240 g/mol. The average molecular weight is 262 g/mol.